The minimum absolute atomic E-state index is 0.863. The average Bonchev–Trinajstić information content (AvgIpc) is 2.52. The Morgan fingerprint density at radius 2 is 2.33 bits per heavy atom. The molecule has 1 aliphatic rings. The maximum absolute atomic E-state index is 5.23. The first kappa shape index (κ1) is 9.78. The lowest BCUT2D eigenvalue weighted by Gasteiger charge is -2.19. The van der Waals surface area contributed by atoms with Crippen molar-refractivity contribution in [2.45, 2.75) is 26.7 Å². The molecular formula is C9H18N2S. The Morgan fingerprint density at radius 3 is 2.83 bits per heavy atom. The van der Waals surface area contributed by atoms with E-state index in [0.717, 1.165) is 30.7 Å². The van der Waals surface area contributed by atoms with Crippen molar-refractivity contribution in [3.8, 4) is 0 Å². The van der Waals surface area contributed by atoms with Gasteiger partial charge in [-0.1, -0.05) is 13.3 Å². The molecule has 1 saturated heterocycles. The number of nitrogens with zero attached hydrogens (tertiary/aromatic N) is 1. The van der Waals surface area contributed by atoms with E-state index >= 15 is 0 Å². The molecule has 0 aromatic carbocycles. The summed E-state index contributed by atoms with van der Waals surface area (Å²) in [7, 11) is 0. The molecule has 1 rings (SSSR count). The molecule has 0 amide bonds. The lowest BCUT2D eigenvalue weighted by atomic mass is 10.1. The second kappa shape index (κ2) is 4.65. The molecule has 1 N–H and O–H groups in total. The summed E-state index contributed by atoms with van der Waals surface area (Å²) < 4.78 is 0. The fourth-order valence-corrected chi connectivity index (χ4v) is 1.92. The summed E-state index contributed by atoms with van der Waals surface area (Å²) >= 11 is 5.23. The molecular weight excluding hydrogens is 168 g/mol. The minimum Gasteiger partial charge on any atom is -0.363 e. The van der Waals surface area contributed by atoms with Gasteiger partial charge in [0.25, 0.3) is 0 Å². The Kier molecular flexibility index (Phi) is 3.79. The van der Waals surface area contributed by atoms with Crippen LogP contribution in [0.2, 0.25) is 0 Å². The molecule has 1 heterocycles. The Bertz CT molecular complexity index is 159. The first-order valence-electron chi connectivity index (χ1n) is 4.80. The molecule has 0 spiro atoms. The summed E-state index contributed by atoms with van der Waals surface area (Å²) in [4.78, 5) is 2.28. The van der Waals surface area contributed by atoms with Gasteiger partial charge in [-0.25, -0.2) is 0 Å². The van der Waals surface area contributed by atoms with Gasteiger partial charge >= 0.3 is 0 Å². The molecule has 2 nitrogen and oxygen atoms in total. The number of rotatable bonds is 2. The Balaban J connectivity index is 2.31. The van der Waals surface area contributed by atoms with Gasteiger partial charge in [-0.3, -0.25) is 0 Å². The highest BCUT2D eigenvalue weighted by Crippen LogP contribution is 2.18. The Morgan fingerprint density at radius 1 is 1.58 bits per heavy atom. The number of hydrogen-bond acceptors (Lipinski definition) is 1. The number of thiocarbonyl (C=S) groups is 1. The van der Waals surface area contributed by atoms with Crippen LogP contribution < -0.4 is 5.32 Å². The summed E-state index contributed by atoms with van der Waals surface area (Å²) in [6.45, 7) is 7.57. The number of nitrogens with one attached hydrogen (secondary N) is 1. The predicted molar refractivity (Wildman–Crippen MR) is 56.2 cm³/mol. The first-order chi connectivity index (χ1) is 5.77. The average molecular weight is 186 g/mol. The van der Waals surface area contributed by atoms with Crippen LogP contribution in [0.15, 0.2) is 0 Å². The van der Waals surface area contributed by atoms with Crippen LogP contribution in [0.3, 0.4) is 0 Å². The number of likely N-dealkylation sites (tertiary alicyclic amines) is 1. The highest BCUT2D eigenvalue weighted by molar-refractivity contribution is 7.80. The van der Waals surface area contributed by atoms with E-state index in [1.165, 1.54) is 12.8 Å². The zero-order valence-electron chi connectivity index (χ0n) is 7.97. The third-order valence-corrected chi connectivity index (χ3v) is 2.88. The van der Waals surface area contributed by atoms with Crippen molar-refractivity contribution in [1.82, 2.24) is 10.2 Å². The second-order valence-corrected chi connectivity index (χ2v) is 3.73. The highest BCUT2D eigenvalue weighted by Gasteiger charge is 2.21. The highest BCUT2D eigenvalue weighted by atomic mass is 32.1. The quantitative estimate of drug-likeness (QED) is 0.660. The van der Waals surface area contributed by atoms with Gasteiger partial charge in [-0.05, 0) is 31.5 Å². The molecule has 1 aliphatic heterocycles. The zero-order valence-corrected chi connectivity index (χ0v) is 8.78. The zero-order chi connectivity index (χ0) is 8.97. The normalized spacial score (nSPS) is 22.8. The SMILES string of the molecule is CCNC(=S)N1CCC(CC)C1. The van der Waals surface area contributed by atoms with Crippen LogP contribution in [0, 0.1) is 5.92 Å². The molecule has 0 aromatic heterocycles. The largest absolute Gasteiger partial charge is 0.363 e. The maximum atomic E-state index is 5.23. The molecule has 0 bridgehead atoms. The Labute approximate surface area is 80.3 Å². The third kappa shape index (κ3) is 2.34. The Hall–Kier alpha value is -0.310. The van der Waals surface area contributed by atoms with Crippen LogP contribution in [-0.2, 0) is 0 Å². The summed E-state index contributed by atoms with van der Waals surface area (Å²) in [5, 5.41) is 4.13. The van der Waals surface area contributed by atoms with Gasteiger partial charge in [0, 0.05) is 19.6 Å². The van der Waals surface area contributed by atoms with Crippen LogP contribution in [-0.4, -0.2) is 29.6 Å². The first-order valence-corrected chi connectivity index (χ1v) is 5.21. The van der Waals surface area contributed by atoms with Crippen LogP contribution in [0.25, 0.3) is 0 Å². The summed E-state index contributed by atoms with van der Waals surface area (Å²) in [5.41, 5.74) is 0. The third-order valence-electron chi connectivity index (χ3n) is 2.48. The van der Waals surface area contributed by atoms with E-state index in [-0.39, 0.29) is 0 Å². The van der Waals surface area contributed by atoms with Crippen molar-refractivity contribution in [3.05, 3.63) is 0 Å². The van der Waals surface area contributed by atoms with Gasteiger partial charge < -0.3 is 10.2 Å². The monoisotopic (exact) mass is 186 g/mol. The van der Waals surface area contributed by atoms with E-state index < -0.39 is 0 Å². The van der Waals surface area contributed by atoms with Crippen LogP contribution in [0.4, 0.5) is 0 Å². The fourth-order valence-electron chi connectivity index (χ4n) is 1.61. The molecule has 1 unspecified atom stereocenters. The van der Waals surface area contributed by atoms with Gasteiger partial charge in [0.05, 0.1) is 0 Å². The van der Waals surface area contributed by atoms with Crippen molar-refractivity contribution in [2.24, 2.45) is 5.92 Å². The fraction of sp³-hybridized carbons (Fsp3) is 0.889. The lowest BCUT2D eigenvalue weighted by molar-refractivity contribution is 0.466. The molecule has 12 heavy (non-hydrogen) atoms. The molecule has 0 aromatic rings. The van der Waals surface area contributed by atoms with Crippen LogP contribution in [0.5, 0.6) is 0 Å². The van der Waals surface area contributed by atoms with E-state index in [9.17, 15) is 0 Å². The van der Waals surface area contributed by atoms with E-state index in [4.69, 9.17) is 12.2 Å². The lowest BCUT2D eigenvalue weighted by Crippen LogP contribution is -2.37. The van der Waals surface area contributed by atoms with Crippen LogP contribution in [0.1, 0.15) is 26.7 Å². The van der Waals surface area contributed by atoms with Crippen LogP contribution >= 0.6 is 12.2 Å². The van der Waals surface area contributed by atoms with Gasteiger partial charge in [-0.15, -0.1) is 0 Å². The van der Waals surface area contributed by atoms with E-state index in [2.05, 4.69) is 24.1 Å². The van der Waals surface area contributed by atoms with Gasteiger partial charge in [0.15, 0.2) is 5.11 Å². The topological polar surface area (TPSA) is 15.3 Å². The molecule has 3 heteroatoms. The van der Waals surface area contributed by atoms with Crippen molar-refractivity contribution in [3.63, 3.8) is 0 Å². The van der Waals surface area contributed by atoms with Gasteiger partial charge in [0.2, 0.25) is 0 Å². The second-order valence-electron chi connectivity index (χ2n) is 3.34. The predicted octanol–water partition coefficient (Wildman–Crippen LogP) is 1.61. The summed E-state index contributed by atoms with van der Waals surface area (Å²) in [6.07, 6.45) is 2.59. The minimum atomic E-state index is 0.863. The molecule has 0 saturated carbocycles. The maximum Gasteiger partial charge on any atom is 0.168 e. The van der Waals surface area contributed by atoms with Crippen molar-refractivity contribution < 1.29 is 0 Å². The van der Waals surface area contributed by atoms with Crippen molar-refractivity contribution in [1.29, 1.82) is 0 Å². The molecule has 1 fully saturated rings. The summed E-state index contributed by atoms with van der Waals surface area (Å²) in [6, 6.07) is 0. The molecule has 0 aliphatic carbocycles. The molecule has 0 radical (unpaired) electrons. The molecule has 70 valence electrons. The van der Waals surface area contributed by atoms with Crippen molar-refractivity contribution >= 4 is 17.3 Å². The van der Waals surface area contributed by atoms with Gasteiger partial charge in [0.1, 0.15) is 0 Å². The van der Waals surface area contributed by atoms with E-state index in [1.54, 1.807) is 0 Å². The van der Waals surface area contributed by atoms with E-state index in [0.29, 0.717) is 0 Å². The summed E-state index contributed by atoms with van der Waals surface area (Å²) in [5.74, 6) is 0.863. The smallest absolute Gasteiger partial charge is 0.168 e. The van der Waals surface area contributed by atoms with Gasteiger partial charge in [-0.2, -0.15) is 0 Å². The van der Waals surface area contributed by atoms with Crippen molar-refractivity contribution in [2.75, 3.05) is 19.6 Å². The number of hydrogen-bond donors (Lipinski definition) is 1. The molecule has 1 atom stereocenters. The standard InChI is InChI=1S/C9H18N2S/c1-3-8-5-6-11(7-8)9(12)10-4-2/h8H,3-7H2,1-2H3,(H,10,12). The van der Waals surface area contributed by atoms with E-state index in [1.807, 2.05) is 0 Å².